The van der Waals surface area contributed by atoms with Gasteiger partial charge in [0.15, 0.2) is 11.3 Å². The molecule has 0 saturated carbocycles. The summed E-state index contributed by atoms with van der Waals surface area (Å²) in [5.74, 6) is -6.35. The highest BCUT2D eigenvalue weighted by Gasteiger charge is 2.62. The molecular formula is C53H43F5N8O6. The van der Waals surface area contributed by atoms with Crippen LogP contribution in [0.3, 0.4) is 0 Å². The lowest BCUT2D eigenvalue weighted by atomic mass is 9.91. The zero-order valence-electron chi connectivity index (χ0n) is 38.1. The van der Waals surface area contributed by atoms with Gasteiger partial charge >= 0.3 is 6.18 Å². The van der Waals surface area contributed by atoms with Crippen molar-refractivity contribution in [2.45, 2.75) is 55.3 Å². The predicted octanol–water partition coefficient (Wildman–Crippen LogP) is 8.10. The molecule has 2 aromatic heterocycles. The van der Waals surface area contributed by atoms with Crippen molar-refractivity contribution in [3.8, 4) is 22.5 Å². The summed E-state index contributed by atoms with van der Waals surface area (Å²) in [6.07, 6.45) is -0.857. The van der Waals surface area contributed by atoms with Gasteiger partial charge in [-0.05, 0) is 80.3 Å². The molecule has 4 aliphatic heterocycles. The Morgan fingerprint density at radius 2 is 1.03 bits per heavy atom. The Labute approximate surface area is 408 Å². The fraction of sp³-hybridized carbons (Fsp3) is 0.245. The number of hydrogen-bond donors (Lipinski definition) is 2. The third-order valence-electron chi connectivity index (χ3n) is 13.0. The highest BCUT2D eigenvalue weighted by atomic mass is 19.4. The van der Waals surface area contributed by atoms with Crippen LogP contribution in [0.4, 0.5) is 33.3 Å². The van der Waals surface area contributed by atoms with Crippen LogP contribution in [0.15, 0.2) is 150 Å². The molecule has 2 N–H and O–H groups in total. The minimum Gasteiger partial charge on any atom is -0.377 e. The molecule has 2 spiro atoms. The number of rotatable bonds is 11. The molecule has 72 heavy (non-hydrogen) atoms. The fourth-order valence-corrected chi connectivity index (χ4v) is 9.76. The lowest BCUT2D eigenvalue weighted by molar-refractivity contribution is -0.161. The van der Waals surface area contributed by atoms with E-state index in [9.17, 15) is 22.0 Å². The smallest absolute Gasteiger partial charge is 0.377 e. The lowest BCUT2D eigenvalue weighted by Gasteiger charge is -2.49. The summed E-state index contributed by atoms with van der Waals surface area (Å²) < 4.78 is 84.3. The average molecular weight is 983 g/mol. The second-order valence-corrected chi connectivity index (χ2v) is 17.7. The Morgan fingerprint density at radius 1 is 0.569 bits per heavy atom. The summed E-state index contributed by atoms with van der Waals surface area (Å²) in [4.78, 5) is 83.3. The summed E-state index contributed by atoms with van der Waals surface area (Å²) in [6, 6.07) is 25.8. The largest absolute Gasteiger partial charge is 0.416 e. The number of halogens is 5. The van der Waals surface area contributed by atoms with Crippen LogP contribution in [-0.4, -0.2) is 105 Å². The molecule has 366 valence electrons. The van der Waals surface area contributed by atoms with E-state index in [0.29, 0.717) is 58.6 Å². The topological polar surface area (TPSA) is 168 Å². The van der Waals surface area contributed by atoms with Gasteiger partial charge in [-0.1, -0.05) is 66.7 Å². The normalized spacial score (nSPS) is 20.8. The van der Waals surface area contributed by atoms with Crippen molar-refractivity contribution in [3.63, 3.8) is 0 Å². The second kappa shape index (κ2) is 19.3. The van der Waals surface area contributed by atoms with Gasteiger partial charge in [0.25, 0.3) is 11.8 Å². The number of aromatic nitrogens is 2. The molecule has 6 heterocycles. The molecule has 2 saturated heterocycles. The van der Waals surface area contributed by atoms with Crippen molar-refractivity contribution in [1.29, 1.82) is 0 Å². The van der Waals surface area contributed by atoms with Crippen LogP contribution in [-0.2, 0) is 34.8 Å². The number of carbonyl (C=O) groups is 4. The molecule has 0 aliphatic carbocycles. The van der Waals surface area contributed by atoms with Gasteiger partial charge in [0.1, 0.15) is 35.1 Å². The van der Waals surface area contributed by atoms with Gasteiger partial charge in [0.2, 0.25) is 11.8 Å². The molecule has 0 bridgehead atoms. The van der Waals surface area contributed by atoms with Crippen LogP contribution in [0, 0.1) is 11.6 Å². The number of ether oxygens (including phenoxy) is 2. The first kappa shape index (κ1) is 47.6. The first-order valence-corrected chi connectivity index (χ1v) is 23.0. The molecule has 2 fully saturated rings. The number of pyridine rings is 2. The number of aliphatic imine (C=N–C) groups is 2. The minimum absolute atomic E-state index is 0.0671. The van der Waals surface area contributed by atoms with Crippen molar-refractivity contribution >= 4 is 46.4 Å². The average Bonchev–Trinajstić information content (AvgIpc) is 3.80. The Bertz CT molecular complexity index is 3090. The molecule has 4 aliphatic rings. The summed E-state index contributed by atoms with van der Waals surface area (Å²) in [7, 11) is 0. The van der Waals surface area contributed by atoms with Gasteiger partial charge in [0, 0.05) is 65.3 Å². The van der Waals surface area contributed by atoms with E-state index >= 15 is 19.2 Å². The van der Waals surface area contributed by atoms with Crippen LogP contribution >= 0.6 is 0 Å². The van der Waals surface area contributed by atoms with E-state index in [-0.39, 0.29) is 56.4 Å². The molecule has 4 amide bonds. The number of carbonyl (C=O) groups excluding carboxylic acids is 4. The Hall–Kier alpha value is -8.03. The molecular weight excluding hydrogens is 940 g/mol. The third-order valence-corrected chi connectivity index (χ3v) is 13.0. The van der Waals surface area contributed by atoms with Crippen molar-refractivity contribution in [3.05, 3.63) is 168 Å². The molecule has 4 unspecified atom stereocenters. The number of benzene rings is 4. The second-order valence-electron chi connectivity index (χ2n) is 17.7. The number of alkyl halides is 3. The van der Waals surface area contributed by atoms with Gasteiger partial charge in [-0.2, -0.15) is 13.2 Å². The van der Waals surface area contributed by atoms with Crippen LogP contribution in [0.5, 0.6) is 0 Å². The van der Waals surface area contributed by atoms with Gasteiger partial charge in [-0.15, -0.1) is 0 Å². The third kappa shape index (κ3) is 9.23. The minimum atomic E-state index is -4.84. The molecule has 19 heteroatoms. The van der Waals surface area contributed by atoms with Crippen molar-refractivity contribution in [2.75, 3.05) is 37.1 Å². The van der Waals surface area contributed by atoms with Gasteiger partial charge in [-0.3, -0.25) is 38.9 Å². The lowest BCUT2D eigenvalue weighted by Crippen LogP contribution is -2.71. The first-order valence-electron chi connectivity index (χ1n) is 23.0. The highest BCUT2D eigenvalue weighted by Crippen LogP contribution is 2.43. The number of anilines is 2. The standard InChI is InChI=1S/C53H43F5N8O6/c54-37-27-38(55)29-40(28-37)62-48(68)46(66-50(70)44(64-52(66)21-7-25-72-31-52)35-18-14-33(15-19-35)42-11-2-4-23-60-42)45(47(67)61-39-9-5-8-36(26-39)53(56,57)58)65-49(69)43(63-51(65)20-6-24-71-30-51)34-16-12-32(13-17-34)41-10-1-3-22-59-41/h1-5,8-19,22-23,26-29,45-46H,6-7,20-21,24-25,30-31H2,(H,61,67)(H,62,68). The molecule has 4 atom stereocenters. The Balaban J connectivity index is 1.15. The Morgan fingerprint density at radius 3 is 1.44 bits per heavy atom. The van der Waals surface area contributed by atoms with Crippen LogP contribution in [0.2, 0.25) is 0 Å². The Kier molecular flexibility index (Phi) is 12.8. The van der Waals surface area contributed by atoms with Gasteiger partial charge < -0.3 is 20.1 Å². The molecule has 4 aromatic carbocycles. The monoisotopic (exact) mass is 982 g/mol. The quantitative estimate of drug-likeness (QED) is 0.123. The van der Waals surface area contributed by atoms with Crippen LogP contribution in [0.25, 0.3) is 22.5 Å². The van der Waals surface area contributed by atoms with Crippen LogP contribution < -0.4 is 10.6 Å². The maximum absolute atomic E-state index is 15.6. The van der Waals surface area contributed by atoms with Gasteiger partial charge in [0.05, 0.1) is 30.2 Å². The van der Waals surface area contributed by atoms with E-state index in [0.717, 1.165) is 34.1 Å². The van der Waals surface area contributed by atoms with Crippen molar-refractivity contribution < 1.29 is 50.6 Å². The van der Waals surface area contributed by atoms with E-state index in [2.05, 4.69) is 20.6 Å². The first-order chi connectivity index (χ1) is 34.7. The molecule has 6 aromatic rings. The highest BCUT2D eigenvalue weighted by molar-refractivity contribution is 6.48. The van der Waals surface area contributed by atoms with E-state index in [1.54, 1.807) is 85.2 Å². The number of nitrogens with zero attached hydrogens (tertiary/aromatic N) is 6. The van der Waals surface area contributed by atoms with E-state index in [4.69, 9.17) is 19.5 Å². The van der Waals surface area contributed by atoms with Gasteiger partial charge in [-0.25, -0.2) is 18.8 Å². The summed E-state index contributed by atoms with van der Waals surface area (Å²) in [6.45, 7) is -0.155. The number of nitrogens with one attached hydrogen (secondary N) is 2. The number of hydrogen-bond acceptors (Lipinski definition) is 10. The number of amides is 4. The molecule has 10 rings (SSSR count). The van der Waals surface area contributed by atoms with E-state index in [1.165, 1.54) is 6.07 Å². The van der Waals surface area contributed by atoms with Crippen molar-refractivity contribution in [2.24, 2.45) is 9.98 Å². The molecule has 0 radical (unpaired) electrons. The predicted molar refractivity (Wildman–Crippen MR) is 254 cm³/mol. The maximum Gasteiger partial charge on any atom is 0.416 e. The maximum atomic E-state index is 15.6. The SMILES string of the molecule is O=C(Nc1cc(F)cc(F)c1)C(C(C(=O)Nc1cccc(C(F)(F)F)c1)N1C(=O)C(c2ccc(-c3ccccn3)cc2)=NC12CCCOC2)N1C(=O)C(c2ccc(-c3ccccn3)cc2)=NC12CCCOC2. The summed E-state index contributed by atoms with van der Waals surface area (Å²) in [5.41, 5.74) is -2.40. The fourth-order valence-electron chi connectivity index (χ4n) is 9.76. The van der Waals surface area contributed by atoms with E-state index < -0.39 is 76.1 Å². The summed E-state index contributed by atoms with van der Waals surface area (Å²) >= 11 is 0. The van der Waals surface area contributed by atoms with E-state index in [1.807, 2.05) is 12.1 Å². The summed E-state index contributed by atoms with van der Waals surface area (Å²) in [5, 5.41) is 5.02. The molecule has 14 nitrogen and oxygen atoms in total. The zero-order chi connectivity index (χ0) is 50.2. The van der Waals surface area contributed by atoms with Crippen LogP contribution in [0.1, 0.15) is 42.4 Å². The zero-order valence-corrected chi connectivity index (χ0v) is 38.1. The van der Waals surface area contributed by atoms with Crippen molar-refractivity contribution in [1.82, 2.24) is 19.8 Å².